The minimum absolute atomic E-state index is 0.0407. The number of nitro groups is 1. The molecule has 1 aliphatic rings. The lowest BCUT2D eigenvalue weighted by Crippen LogP contribution is -3.27. The molecule has 28 heavy (non-hydrogen) atoms. The first kappa shape index (κ1) is 19.9. The number of benzene rings is 2. The van der Waals surface area contributed by atoms with Gasteiger partial charge in [-0.05, 0) is 17.7 Å². The molecule has 1 fully saturated rings. The second-order valence-electron chi connectivity index (χ2n) is 7.10. The molecule has 7 nitrogen and oxygen atoms in total. The fraction of sp³-hybridized carbons (Fsp3) is 0.333. The quantitative estimate of drug-likeness (QED) is 0.506. The summed E-state index contributed by atoms with van der Waals surface area (Å²) < 4.78 is 5.03. The maximum absolute atomic E-state index is 11.9. The van der Waals surface area contributed by atoms with E-state index < -0.39 is 16.4 Å². The molecular formula is C21H26N3O4+. The number of hydrogen-bond donors (Lipinski definition) is 2. The highest BCUT2D eigenvalue weighted by molar-refractivity contribution is 5.56. The molecule has 148 valence electrons. The molecule has 1 heterocycles. The Balaban J connectivity index is 1.53. The molecule has 0 spiro atoms. The molecule has 2 aromatic carbocycles. The van der Waals surface area contributed by atoms with E-state index in [0.29, 0.717) is 6.54 Å². The molecule has 0 unspecified atom stereocenters. The molecule has 0 saturated carbocycles. The van der Waals surface area contributed by atoms with Crippen LogP contribution in [0.4, 0.5) is 5.69 Å². The minimum Gasteiger partial charge on any atom is -0.865 e. The van der Waals surface area contributed by atoms with Gasteiger partial charge in [0.05, 0.1) is 18.6 Å². The first-order valence-corrected chi connectivity index (χ1v) is 9.48. The largest absolute Gasteiger partial charge is 0.865 e. The van der Waals surface area contributed by atoms with Gasteiger partial charge in [0.1, 0.15) is 38.5 Å². The fourth-order valence-electron chi connectivity index (χ4n) is 3.58. The summed E-state index contributed by atoms with van der Waals surface area (Å²) in [5.74, 6) is -0.621. The van der Waals surface area contributed by atoms with Gasteiger partial charge >= 0.3 is 0 Å². The van der Waals surface area contributed by atoms with Crippen molar-refractivity contribution in [3.8, 4) is 11.5 Å². The van der Waals surface area contributed by atoms with E-state index in [9.17, 15) is 15.2 Å². The predicted molar refractivity (Wildman–Crippen MR) is 105 cm³/mol. The van der Waals surface area contributed by atoms with Crippen LogP contribution in [0.5, 0.6) is 11.5 Å². The van der Waals surface area contributed by atoms with Gasteiger partial charge < -0.3 is 19.6 Å². The molecular weight excluding hydrogens is 358 g/mol. The SMILES string of the molecule is COc1cc(C[NH+]2CC[NH+](C/C=C/c3ccccc3)CC2)cc([N+](=O)[O-])c1[O-]. The Bertz CT molecular complexity index is 831. The summed E-state index contributed by atoms with van der Waals surface area (Å²) in [5.41, 5.74) is 1.57. The lowest BCUT2D eigenvalue weighted by molar-refractivity contribution is -1.02. The molecule has 3 rings (SSSR count). The van der Waals surface area contributed by atoms with Gasteiger partial charge in [-0.25, -0.2) is 0 Å². The number of hydrogen-bond acceptors (Lipinski definition) is 4. The van der Waals surface area contributed by atoms with E-state index in [0.717, 1.165) is 38.3 Å². The summed E-state index contributed by atoms with van der Waals surface area (Å²) in [4.78, 5) is 13.4. The van der Waals surface area contributed by atoms with Crippen molar-refractivity contribution < 1.29 is 24.6 Å². The average Bonchev–Trinajstić information content (AvgIpc) is 2.71. The van der Waals surface area contributed by atoms with Gasteiger partial charge in [-0.15, -0.1) is 0 Å². The molecule has 0 aliphatic carbocycles. The van der Waals surface area contributed by atoms with Crippen LogP contribution in [-0.4, -0.2) is 44.8 Å². The first-order chi connectivity index (χ1) is 13.6. The molecule has 0 bridgehead atoms. The van der Waals surface area contributed by atoms with Crippen LogP contribution >= 0.6 is 0 Å². The fourth-order valence-corrected chi connectivity index (χ4v) is 3.58. The summed E-state index contributed by atoms with van der Waals surface area (Å²) in [5, 5.41) is 23.1. The zero-order valence-corrected chi connectivity index (χ0v) is 16.0. The minimum atomic E-state index is -0.661. The number of rotatable bonds is 7. The molecule has 1 saturated heterocycles. The number of nitro benzene ring substituents is 1. The van der Waals surface area contributed by atoms with E-state index in [2.05, 4.69) is 24.3 Å². The maximum Gasteiger partial charge on any atom is 0.265 e. The summed E-state index contributed by atoms with van der Waals surface area (Å²) in [7, 11) is 1.36. The summed E-state index contributed by atoms with van der Waals surface area (Å²) >= 11 is 0. The molecule has 0 amide bonds. The van der Waals surface area contributed by atoms with Crippen LogP contribution in [0.1, 0.15) is 11.1 Å². The molecule has 1 aliphatic heterocycles. The highest BCUT2D eigenvalue weighted by atomic mass is 16.6. The second kappa shape index (κ2) is 9.34. The summed E-state index contributed by atoms with van der Waals surface area (Å²) in [6, 6.07) is 13.3. The van der Waals surface area contributed by atoms with Gasteiger partial charge in [0.25, 0.3) is 5.69 Å². The summed E-state index contributed by atoms with van der Waals surface area (Å²) in [6.07, 6.45) is 4.37. The maximum atomic E-state index is 11.9. The molecule has 0 atom stereocenters. The van der Waals surface area contributed by atoms with Gasteiger partial charge in [-0.1, -0.05) is 36.4 Å². The monoisotopic (exact) mass is 384 g/mol. The normalized spacial score (nSPS) is 19.6. The first-order valence-electron chi connectivity index (χ1n) is 9.48. The Morgan fingerprint density at radius 2 is 1.79 bits per heavy atom. The van der Waals surface area contributed by atoms with E-state index >= 15 is 0 Å². The third-order valence-electron chi connectivity index (χ3n) is 5.15. The average molecular weight is 384 g/mol. The topological polar surface area (TPSA) is 84.3 Å². The molecule has 0 aromatic heterocycles. The predicted octanol–water partition coefficient (Wildman–Crippen LogP) is -0.326. The Hall–Kier alpha value is -2.90. The Labute approximate surface area is 164 Å². The van der Waals surface area contributed by atoms with E-state index in [1.807, 2.05) is 18.2 Å². The second-order valence-corrected chi connectivity index (χ2v) is 7.10. The Morgan fingerprint density at radius 1 is 1.11 bits per heavy atom. The van der Waals surface area contributed by atoms with E-state index in [1.165, 1.54) is 28.5 Å². The number of quaternary nitrogens is 2. The van der Waals surface area contributed by atoms with Crippen molar-refractivity contribution in [2.75, 3.05) is 39.8 Å². The van der Waals surface area contributed by atoms with Crippen molar-refractivity contribution >= 4 is 11.8 Å². The van der Waals surface area contributed by atoms with Crippen molar-refractivity contribution in [1.82, 2.24) is 0 Å². The number of nitrogens with one attached hydrogen (secondary N) is 2. The van der Waals surface area contributed by atoms with Gasteiger partial charge in [0, 0.05) is 17.4 Å². The number of piperazine rings is 1. The van der Waals surface area contributed by atoms with Crippen molar-refractivity contribution in [2.45, 2.75) is 6.54 Å². The van der Waals surface area contributed by atoms with Crippen LogP contribution in [-0.2, 0) is 6.54 Å². The van der Waals surface area contributed by atoms with Gasteiger partial charge in [-0.3, -0.25) is 10.1 Å². The molecule has 2 N–H and O–H groups in total. The van der Waals surface area contributed by atoms with Crippen molar-refractivity contribution in [1.29, 1.82) is 0 Å². The highest BCUT2D eigenvalue weighted by Gasteiger charge is 2.23. The van der Waals surface area contributed by atoms with Crippen LogP contribution in [0, 0.1) is 10.1 Å². The molecule has 2 aromatic rings. The Kier molecular flexibility index (Phi) is 6.62. The van der Waals surface area contributed by atoms with Gasteiger partial charge in [0.2, 0.25) is 0 Å². The van der Waals surface area contributed by atoms with Crippen LogP contribution < -0.4 is 19.6 Å². The van der Waals surface area contributed by atoms with Crippen molar-refractivity contribution in [3.63, 3.8) is 0 Å². The summed E-state index contributed by atoms with van der Waals surface area (Å²) in [6.45, 7) is 5.73. The van der Waals surface area contributed by atoms with Crippen molar-refractivity contribution in [3.05, 3.63) is 69.8 Å². The lowest BCUT2D eigenvalue weighted by Gasteiger charge is -2.29. The van der Waals surface area contributed by atoms with Crippen molar-refractivity contribution in [2.24, 2.45) is 0 Å². The van der Waals surface area contributed by atoms with Crippen LogP contribution in [0.15, 0.2) is 48.5 Å². The number of nitrogens with zero attached hydrogens (tertiary/aromatic N) is 1. The smallest absolute Gasteiger partial charge is 0.265 e. The highest BCUT2D eigenvalue weighted by Crippen LogP contribution is 2.34. The standard InChI is InChI=1S/C21H25N3O4/c1-28-20-15-18(14-19(21(20)25)24(26)27)16-23-12-10-22(11-13-23)9-5-8-17-6-3-2-4-7-17/h2-8,14-15,25H,9-13,16H2,1H3/p+1/b8-5+. The van der Waals surface area contributed by atoms with Crippen LogP contribution in [0.25, 0.3) is 6.08 Å². The number of ether oxygens (including phenoxy) is 1. The third kappa shape index (κ3) is 5.09. The van der Waals surface area contributed by atoms with Gasteiger partial charge in [-0.2, -0.15) is 0 Å². The number of methoxy groups -OCH3 is 1. The zero-order valence-electron chi connectivity index (χ0n) is 16.0. The molecule has 0 radical (unpaired) electrons. The van der Waals surface area contributed by atoms with Crippen LogP contribution in [0.2, 0.25) is 0 Å². The zero-order chi connectivity index (χ0) is 19.9. The third-order valence-corrected chi connectivity index (χ3v) is 5.15. The lowest BCUT2D eigenvalue weighted by atomic mass is 10.1. The van der Waals surface area contributed by atoms with Crippen LogP contribution in [0.3, 0.4) is 0 Å². The van der Waals surface area contributed by atoms with Gasteiger partial charge in [0.15, 0.2) is 0 Å². The molecule has 7 heteroatoms. The van der Waals surface area contributed by atoms with E-state index in [-0.39, 0.29) is 5.75 Å². The van der Waals surface area contributed by atoms with E-state index in [1.54, 1.807) is 6.07 Å². The Morgan fingerprint density at radius 3 is 2.43 bits per heavy atom. The van der Waals surface area contributed by atoms with E-state index in [4.69, 9.17) is 4.74 Å².